The maximum absolute atomic E-state index is 12.9. The molecule has 12 heteroatoms. The fourth-order valence-electron chi connectivity index (χ4n) is 4.93. The maximum atomic E-state index is 12.9. The zero-order valence-corrected chi connectivity index (χ0v) is 22.7. The van der Waals surface area contributed by atoms with Gasteiger partial charge in [0.25, 0.3) is 5.91 Å². The molecule has 0 bridgehead atoms. The number of thioether (sulfide) groups is 1. The molecule has 1 amide bonds. The van der Waals surface area contributed by atoms with E-state index in [9.17, 15) is 13.2 Å². The van der Waals surface area contributed by atoms with Gasteiger partial charge < -0.3 is 10.2 Å². The van der Waals surface area contributed by atoms with E-state index in [1.807, 2.05) is 12.5 Å². The number of carbonyl (C=O) groups is 1. The Kier molecular flexibility index (Phi) is 7.96. The molecule has 0 aliphatic carbocycles. The van der Waals surface area contributed by atoms with E-state index in [1.54, 1.807) is 16.8 Å². The Labute approximate surface area is 221 Å². The van der Waals surface area contributed by atoms with Gasteiger partial charge in [0, 0.05) is 38.3 Å². The number of hydrogen-bond donors (Lipinski definition) is 1. The Morgan fingerprint density at radius 3 is 2.32 bits per heavy atom. The fourth-order valence-corrected chi connectivity index (χ4v) is 6.81. The summed E-state index contributed by atoms with van der Waals surface area (Å²) >= 11 is 1.51. The van der Waals surface area contributed by atoms with E-state index in [2.05, 4.69) is 20.3 Å². The molecular weight excluding hydrogens is 510 g/mol. The molecule has 0 radical (unpaired) electrons. The van der Waals surface area contributed by atoms with Crippen LogP contribution in [0.4, 0.5) is 5.82 Å². The first-order chi connectivity index (χ1) is 18.0. The Hall–Kier alpha value is -2.70. The molecule has 3 aromatic rings. The van der Waals surface area contributed by atoms with Crippen molar-refractivity contribution in [2.75, 3.05) is 43.9 Å². The van der Waals surface area contributed by atoms with Gasteiger partial charge in [0.2, 0.25) is 10.0 Å². The second-order valence-corrected chi connectivity index (χ2v) is 12.1. The van der Waals surface area contributed by atoms with Crippen LogP contribution in [0.2, 0.25) is 0 Å². The minimum atomic E-state index is -3.52. The number of piperidine rings is 2. The zero-order chi connectivity index (χ0) is 25.8. The Bertz CT molecular complexity index is 1350. The highest BCUT2D eigenvalue weighted by Gasteiger charge is 2.26. The first kappa shape index (κ1) is 25.9. The van der Waals surface area contributed by atoms with Crippen molar-refractivity contribution in [3.8, 4) is 0 Å². The Morgan fingerprint density at radius 1 is 0.973 bits per heavy atom. The molecule has 2 aromatic heterocycles. The lowest BCUT2D eigenvalue weighted by Crippen LogP contribution is -2.35. The predicted molar refractivity (Wildman–Crippen MR) is 145 cm³/mol. The van der Waals surface area contributed by atoms with Gasteiger partial charge in [0.1, 0.15) is 5.82 Å². The van der Waals surface area contributed by atoms with Gasteiger partial charge in [-0.05, 0) is 62.6 Å². The highest BCUT2D eigenvalue weighted by Crippen LogP contribution is 2.28. The van der Waals surface area contributed by atoms with Gasteiger partial charge in [-0.15, -0.1) is 0 Å². The van der Waals surface area contributed by atoms with Gasteiger partial charge in [0.15, 0.2) is 10.8 Å². The predicted octanol–water partition coefficient (Wildman–Crippen LogP) is 3.14. The van der Waals surface area contributed by atoms with Crippen LogP contribution in [0.15, 0.2) is 40.5 Å². The number of amides is 1. The number of sulfonamides is 1. The molecule has 10 nitrogen and oxygen atoms in total. The van der Waals surface area contributed by atoms with Gasteiger partial charge in [-0.25, -0.2) is 23.1 Å². The molecule has 5 rings (SSSR count). The second kappa shape index (κ2) is 11.4. The lowest BCUT2D eigenvalue weighted by atomic mass is 10.1. The minimum Gasteiger partial charge on any atom is -0.356 e. The molecule has 198 valence electrons. The largest absolute Gasteiger partial charge is 0.356 e. The summed E-state index contributed by atoms with van der Waals surface area (Å²) in [6.07, 6.45) is 10.2. The highest BCUT2D eigenvalue weighted by atomic mass is 32.2. The summed E-state index contributed by atoms with van der Waals surface area (Å²) < 4.78 is 29.0. The van der Waals surface area contributed by atoms with Crippen molar-refractivity contribution in [1.29, 1.82) is 0 Å². The number of benzene rings is 1. The first-order valence-corrected chi connectivity index (χ1v) is 15.5. The summed E-state index contributed by atoms with van der Waals surface area (Å²) in [5, 5.41) is 9.08. The molecule has 0 saturated carbocycles. The van der Waals surface area contributed by atoms with Crippen molar-refractivity contribution < 1.29 is 13.2 Å². The highest BCUT2D eigenvalue weighted by molar-refractivity contribution is 7.98. The minimum absolute atomic E-state index is 0.225. The average Bonchev–Trinajstić information content (AvgIpc) is 3.36. The molecule has 1 N–H and O–H groups in total. The van der Waals surface area contributed by atoms with Crippen LogP contribution < -0.4 is 10.2 Å². The SMILES string of the molecule is CSc1nc(N2CCCCC2)c2cnn(CCNC(=O)c3ccc(S(=O)(=O)N4CCCCC4)cc3)c2n1. The van der Waals surface area contributed by atoms with E-state index < -0.39 is 10.0 Å². The third-order valence-corrected chi connectivity index (χ3v) is 9.43. The number of fused-ring (bicyclic) bond motifs is 1. The molecule has 2 saturated heterocycles. The van der Waals surface area contributed by atoms with Crippen LogP contribution in [0.1, 0.15) is 48.9 Å². The molecule has 2 fully saturated rings. The van der Waals surface area contributed by atoms with Crippen LogP contribution in [0.5, 0.6) is 0 Å². The summed E-state index contributed by atoms with van der Waals surface area (Å²) in [6, 6.07) is 6.17. The van der Waals surface area contributed by atoms with Gasteiger partial charge in [-0.2, -0.15) is 9.40 Å². The standard InChI is InChI=1S/C25H33N7O3S2/c1-36-25-28-22(30-13-4-2-5-14-30)21-18-27-32(23(21)29-25)17-12-26-24(33)19-8-10-20(11-9-19)37(34,35)31-15-6-3-7-16-31/h8-11,18H,2-7,12-17H2,1H3,(H,26,33). The summed E-state index contributed by atoms with van der Waals surface area (Å²) in [5.74, 6) is 0.677. The second-order valence-electron chi connectivity index (χ2n) is 9.43. The van der Waals surface area contributed by atoms with Crippen LogP contribution in [0, 0.1) is 0 Å². The number of hydrogen-bond acceptors (Lipinski definition) is 8. The van der Waals surface area contributed by atoms with Gasteiger partial charge in [0.05, 0.1) is 23.0 Å². The third-order valence-electron chi connectivity index (χ3n) is 6.97. The number of rotatable bonds is 8. The summed E-state index contributed by atoms with van der Waals surface area (Å²) in [4.78, 5) is 24.7. The number of aromatic nitrogens is 4. The quantitative estimate of drug-likeness (QED) is 0.341. The van der Waals surface area contributed by atoms with E-state index >= 15 is 0 Å². The average molecular weight is 544 g/mol. The number of nitrogens with one attached hydrogen (secondary N) is 1. The van der Waals surface area contributed by atoms with E-state index in [0.29, 0.717) is 36.9 Å². The van der Waals surface area contributed by atoms with E-state index in [1.165, 1.54) is 34.6 Å². The lowest BCUT2D eigenvalue weighted by Gasteiger charge is -2.28. The number of anilines is 1. The molecule has 1 aromatic carbocycles. The monoisotopic (exact) mass is 543 g/mol. The van der Waals surface area contributed by atoms with E-state index in [4.69, 9.17) is 4.98 Å². The van der Waals surface area contributed by atoms with Crippen molar-refractivity contribution in [3.05, 3.63) is 36.0 Å². The Balaban J connectivity index is 1.24. The molecule has 2 aliphatic rings. The van der Waals surface area contributed by atoms with Gasteiger partial charge >= 0.3 is 0 Å². The van der Waals surface area contributed by atoms with Crippen molar-refractivity contribution in [2.24, 2.45) is 0 Å². The van der Waals surface area contributed by atoms with Crippen molar-refractivity contribution in [3.63, 3.8) is 0 Å². The molecule has 0 atom stereocenters. The van der Waals surface area contributed by atoms with Crippen LogP contribution in [0.3, 0.4) is 0 Å². The molecule has 2 aliphatic heterocycles. The molecule has 37 heavy (non-hydrogen) atoms. The normalized spacial score (nSPS) is 17.3. The van der Waals surface area contributed by atoms with Crippen LogP contribution in [0.25, 0.3) is 11.0 Å². The number of nitrogens with zero attached hydrogens (tertiary/aromatic N) is 6. The van der Waals surface area contributed by atoms with E-state index in [-0.39, 0.29) is 10.8 Å². The molecule has 0 spiro atoms. The number of carbonyl (C=O) groups excluding carboxylic acids is 1. The Morgan fingerprint density at radius 2 is 1.65 bits per heavy atom. The summed E-state index contributed by atoms with van der Waals surface area (Å²) in [5.41, 5.74) is 1.18. The molecule has 0 unspecified atom stereocenters. The lowest BCUT2D eigenvalue weighted by molar-refractivity contribution is 0.0952. The molecular formula is C25H33N7O3S2. The third kappa shape index (κ3) is 5.60. The van der Waals surface area contributed by atoms with Crippen LogP contribution in [-0.2, 0) is 16.6 Å². The van der Waals surface area contributed by atoms with Crippen molar-refractivity contribution in [1.82, 2.24) is 29.4 Å². The van der Waals surface area contributed by atoms with Crippen LogP contribution >= 0.6 is 11.8 Å². The zero-order valence-electron chi connectivity index (χ0n) is 21.1. The smallest absolute Gasteiger partial charge is 0.251 e. The van der Waals surface area contributed by atoms with Gasteiger partial charge in [-0.1, -0.05) is 18.2 Å². The van der Waals surface area contributed by atoms with Crippen LogP contribution in [-0.4, -0.2) is 77.4 Å². The maximum Gasteiger partial charge on any atom is 0.251 e. The summed E-state index contributed by atoms with van der Waals surface area (Å²) in [7, 11) is -3.52. The fraction of sp³-hybridized carbons (Fsp3) is 0.520. The van der Waals surface area contributed by atoms with E-state index in [0.717, 1.165) is 62.0 Å². The first-order valence-electron chi connectivity index (χ1n) is 12.9. The topological polar surface area (TPSA) is 113 Å². The van der Waals surface area contributed by atoms with Crippen molar-refractivity contribution >= 4 is 44.5 Å². The molecule has 4 heterocycles. The van der Waals surface area contributed by atoms with Gasteiger partial charge in [-0.3, -0.25) is 4.79 Å². The van der Waals surface area contributed by atoms with Crippen molar-refractivity contribution in [2.45, 2.75) is 55.1 Å². The summed E-state index contributed by atoms with van der Waals surface area (Å²) in [6.45, 7) is 3.89.